The van der Waals surface area contributed by atoms with Gasteiger partial charge in [-0.25, -0.2) is 4.98 Å². The number of ether oxygens (including phenoxy) is 1. The second kappa shape index (κ2) is 9.18. The van der Waals surface area contributed by atoms with E-state index in [2.05, 4.69) is 27.3 Å². The molecule has 4 aromatic rings. The van der Waals surface area contributed by atoms with Gasteiger partial charge in [0.25, 0.3) is 5.78 Å². The first-order valence-electron chi connectivity index (χ1n) is 9.98. The third kappa shape index (κ3) is 4.86. The second-order valence-electron chi connectivity index (χ2n) is 6.98. The van der Waals surface area contributed by atoms with Gasteiger partial charge in [0, 0.05) is 10.6 Å². The van der Waals surface area contributed by atoms with Crippen LogP contribution in [0.1, 0.15) is 24.0 Å². The molecule has 2 aromatic heterocycles. The molecule has 0 spiro atoms. The van der Waals surface area contributed by atoms with Crippen LogP contribution in [0.2, 0.25) is 0 Å². The van der Waals surface area contributed by atoms with Crippen molar-refractivity contribution in [2.75, 3.05) is 12.4 Å². The maximum atomic E-state index is 12.7. The standard InChI is InChI=1S/C23H23N5O2S/c1-4-17-14-22(28-23(25-17)24-15(2)27-28)31-20-8-6-5-7-19(20)26-21(29)13-16-9-11-18(30-3)12-10-16/h5-12,14H,4,13H2,1-3H3,(H,26,29). The summed E-state index contributed by atoms with van der Waals surface area (Å²) >= 11 is 1.53. The number of nitrogens with one attached hydrogen (secondary N) is 1. The van der Waals surface area contributed by atoms with Gasteiger partial charge in [-0.1, -0.05) is 43.0 Å². The zero-order valence-corrected chi connectivity index (χ0v) is 18.4. The molecule has 2 aromatic carbocycles. The highest BCUT2D eigenvalue weighted by atomic mass is 32.2. The zero-order valence-electron chi connectivity index (χ0n) is 17.6. The van der Waals surface area contributed by atoms with E-state index < -0.39 is 0 Å². The molecule has 0 bridgehead atoms. The summed E-state index contributed by atoms with van der Waals surface area (Å²) in [7, 11) is 1.62. The fourth-order valence-electron chi connectivity index (χ4n) is 3.14. The topological polar surface area (TPSA) is 81.4 Å². The molecule has 0 aliphatic heterocycles. The van der Waals surface area contributed by atoms with Crippen LogP contribution in [0.3, 0.4) is 0 Å². The maximum Gasteiger partial charge on any atom is 0.253 e. The highest BCUT2D eigenvalue weighted by Crippen LogP contribution is 2.33. The van der Waals surface area contributed by atoms with Crippen LogP contribution in [0.25, 0.3) is 5.78 Å². The molecule has 0 saturated carbocycles. The van der Waals surface area contributed by atoms with Crippen molar-refractivity contribution in [3.63, 3.8) is 0 Å². The summed E-state index contributed by atoms with van der Waals surface area (Å²) in [6, 6.07) is 17.3. The SMILES string of the molecule is CCc1cc(Sc2ccccc2NC(=O)Cc2ccc(OC)cc2)n2nc(C)nc2n1. The molecule has 0 unspecified atom stereocenters. The molecule has 7 nitrogen and oxygen atoms in total. The minimum absolute atomic E-state index is 0.0797. The number of para-hydroxylation sites is 1. The van der Waals surface area contributed by atoms with Gasteiger partial charge in [-0.15, -0.1) is 5.10 Å². The van der Waals surface area contributed by atoms with E-state index in [1.807, 2.05) is 61.5 Å². The summed E-state index contributed by atoms with van der Waals surface area (Å²) in [6.07, 6.45) is 1.08. The number of amides is 1. The van der Waals surface area contributed by atoms with Gasteiger partial charge >= 0.3 is 0 Å². The Morgan fingerprint density at radius 2 is 1.90 bits per heavy atom. The summed E-state index contributed by atoms with van der Waals surface area (Å²) in [5.74, 6) is 1.94. The Balaban J connectivity index is 1.56. The lowest BCUT2D eigenvalue weighted by atomic mass is 10.1. The number of anilines is 1. The van der Waals surface area contributed by atoms with Gasteiger partial charge < -0.3 is 10.1 Å². The van der Waals surface area contributed by atoms with Crippen molar-refractivity contribution in [2.45, 2.75) is 36.6 Å². The fourth-order valence-corrected chi connectivity index (χ4v) is 4.14. The van der Waals surface area contributed by atoms with E-state index in [-0.39, 0.29) is 12.3 Å². The molecule has 0 fully saturated rings. The molecular formula is C23H23N5O2S. The number of aromatic nitrogens is 4. The van der Waals surface area contributed by atoms with E-state index in [1.165, 1.54) is 11.8 Å². The molecule has 1 N–H and O–H groups in total. The van der Waals surface area contributed by atoms with Gasteiger partial charge in [0.2, 0.25) is 5.91 Å². The quantitative estimate of drug-likeness (QED) is 0.437. The molecule has 0 saturated heterocycles. The minimum atomic E-state index is -0.0797. The Bertz CT molecular complexity index is 1220. The van der Waals surface area contributed by atoms with Gasteiger partial charge in [-0.3, -0.25) is 4.79 Å². The Morgan fingerprint density at radius 3 is 2.65 bits per heavy atom. The molecule has 1 amide bonds. The number of methoxy groups -OCH3 is 1. The van der Waals surface area contributed by atoms with Gasteiger partial charge in [0.15, 0.2) is 0 Å². The zero-order chi connectivity index (χ0) is 21.8. The number of hydrogen-bond donors (Lipinski definition) is 1. The largest absolute Gasteiger partial charge is 0.497 e. The van der Waals surface area contributed by atoms with Crippen LogP contribution in [0.5, 0.6) is 5.75 Å². The minimum Gasteiger partial charge on any atom is -0.497 e. The van der Waals surface area contributed by atoms with Crippen LogP contribution >= 0.6 is 11.8 Å². The van der Waals surface area contributed by atoms with Crippen molar-refractivity contribution in [3.05, 3.63) is 71.7 Å². The van der Waals surface area contributed by atoms with Crippen molar-refractivity contribution in [1.82, 2.24) is 19.6 Å². The van der Waals surface area contributed by atoms with Crippen LogP contribution < -0.4 is 10.1 Å². The van der Waals surface area contributed by atoms with E-state index in [9.17, 15) is 4.79 Å². The van der Waals surface area contributed by atoms with Gasteiger partial charge in [0.1, 0.15) is 16.6 Å². The maximum absolute atomic E-state index is 12.7. The summed E-state index contributed by atoms with van der Waals surface area (Å²) in [5.41, 5.74) is 2.62. The van der Waals surface area contributed by atoms with Crippen LogP contribution in [0.15, 0.2) is 64.5 Å². The number of carbonyl (C=O) groups excluding carboxylic acids is 1. The number of carbonyl (C=O) groups is 1. The Kier molecular flexibility index (Phi) is 6.18. The van der Waals surface area contributed by atoms with Crippen LogP contribution in [-0.2, 0) is 17.6 Å². The number of aryl methyl sites for hydroxylation is 2. The van der Waals surface area contributed by atoms with Crippen molar-refractivity contribution in [2.24, 2.45) is 0 Å². The summed E-state index contributed by atoms with van der Waals surface area (Å²) < 4.78 is 6.92. The third-order valence-corrected chi connectivity index (χ3v) is 5.78. The number of nitrogens with zero attached hydrogens (tertiary/aromatic N) is 4. The molecule has 158 valence electrons. The number of hydrogen-bond acceptors (Lipinski definition) is 6. The molecule has 0 atom stereocenters. The van der Waals surface area contributed by atoms with E-state index in [1.54, 1.807) is 11.6 Å². The van der Waals surface area contributed by atoms with Crippen LogP contribution in [-0.4, -0.2) is 32.6 Å². The highest BCUT2D eigenvalue weighted by molar-refractivity contribution is 7.99. The summed E-state index contributed by atoms with van der Waals surface area (Å²) in [4.78, 5) is 22.5. The van der Waals surface area contributed by atoms with Gasteiger partial charge in [-0.2, -0.15) is 9.50 Å². The average molecular weight is 434 g/mol. The Hall–Kier alpha value is -3.39. The predicted molar refractivity (Wildman–Crippen MR) is 121 cm³/mol. The van der Waals surface area contributed by atoms with Crippen molar-refractivity contribution in [3.8, 4) is 5.75 Å². The number of rotatable bonds is 7. The molecule has 0 aliphatic carbocycles. The molecule has 0 aliphatic rings. The molecular weight excluding hydrogens is 410 g/mol. The molecule has 2 heterocycles. The lowest BCUT2D eigenvalue weighted by Crippen LogP contribution is -2.15. The average Bonchev–Trinajstić information content (AvgIpc) is 3.16. The number of fused-ring (bicyclic) bond motifs is 1. The smallest absolute Gasteiger partial charge is 0.253 e. The number of benzene rings is 2. The first-order valence-corrected chi connectivity index (χ1v) is 10.8. The van der Waals surface area contributed by atoms with E-state index in [4.69, 9.17) is 4.74 Å². The van der Waals surface area contributed by atoms with E-state index in [0.717, 1.165) is 39.0 Å². The van der Waals surface area contributed by atoms with Crippen molar-refractivity contribution in [1.29, 1.82) is 0 Å². The van der Waals surface area contributed by atoms with Gasteiger partial charge in [-0.05, 0) is 49.2 Å². The Labute approximate surface area is 184 Å². The fraction of sp³-hybridized carbons (Fsp3) is 0.217. The van der Waals surface area contributed by atoms with E-state index in [0.29, 0.717) is 11.6 Å². The summed E-state index contributed by atoms with van der Waals surface area (Å²) in [6.45, 7) is 3.91. The third-order valence-electron chi connectivity index (χ3n) is 4.70. The first kappa shape index (κ1) is 20.9. The molecule has 0 radical (unpaired) electrons. The highest BCUT2D eigenvalue weighted by Gasteiger charge is 2.14. The predicted octanol–water partition coefficient (Wildman–Crippen LogP) is 4.34. The van der Waals surface area contributed by atoms with Gasteiger partial charge in [0.05, 0.1) is 19.2 Å². The van der Waals surface area contributed by atoms with E-state index >= 15 is 0 Å². The second-order valence-corrected chi connectivity index (χ2v) is 8.04. The summed E-state index contributed by atoms with van der Waals surface area (Å²) in [5, 5.41) is 8.41. The lowest BCUT2D eigenvalue weighted by molar-refractivity contribution is -0.115. The molecule has 31 heavy (non-hydrogen) atoms. The monoisotopic (exact) mass is 433 g/mol. The van der Waals surface area contributed by atoms with Crippen LogP contribution in [0.4, 0.5) is 5.69 Å². The Morgan fingerprint density at radius 1 is 1.13 bits per heavy atom. The normalized spacial score (nSPS) is 10.9. The van der Waals surface area contributed by atoms with Crippen molar-refractivity contribution < 1.29 is 9.53 Å². The lowest BCUT2D eigenvalue weighted by Gasteiger charge is -2.12. The molecule has 8 heteroatoms. The molecule has 4 rings (SSSR count). The van der Waals surface area contributed by atoms with Crippen LogP contribution in [0, 0.1) is 6.92 Å². The van der Waals surface area contributed by atoms with Crippen molar-refractivity contribution >= 4 is 29.1 Å². The first-order chi connectivity index (χ1) is 15.1.